The Morgan fingerprint density at radius 1 is 1.35 bits per heavy atom. The summed E-state index contributed by atoms with van der Waals surface area (Å²) in [5, 5.41) is 11.1. The molecule has 0 aliphatic heterocycles. The molecule has 4 nitrogen and oxygen atoms in total. The first kappa shape index (κ1) is 15.8. The zero-order valence-electron chi connectivity index (χ0n) is 13.5. The van der Waals surface area contributed by atoms with Crippen LogP contribution in [-0.2, 0) is 0 Å². The minimum absolute atomic E-state index is 0.0877. The van der Waals surface area contributed by atoms with Crippen molar-refractivity contribution in [1.82, 2.24) is 0 Å². The molecule has 0 spiro atoms. The van der Waals surface area contributed by atoms with Crippen molar-refractivity contribution in [2.45, 2.75) is 32.8 Å². The third kappa shape index (κ3) is 3.04. The van der Waals surface area contributed by atoms with Gasteiger partial charge in [0.15, 0.2) is 0 Å². The molecule has 1 aromatic heterocycles. The molecule has 3 rings (SSSR count). The van der Waals surface area contributed by atoms with Crippen molar-refractivity contribution in [3.8, 4) is 5.75 Å². The second-order valence-electron chi connectivity index (χ2n) is 6.85. The van der Waals surface area contributed by atoms with Crippen LogP contribution in [-0.4, -0.2) is 17.8 Å². The Balaban J connectivity index is 1.79. The van der Waals surface area contributed by atoms with Crippen LogP contribution in [0.3, 0.4) is 0 Å². The van der Waals surface area contributed by atoms with E-state index < -0.39 is 0 Å². The summed E-state index contributed by atoms with van der Waals surface area (Å²) in [6.45, 7) is 8.70. The van der Waals surface area contributed by atoms with E-state index in [1.807, 2.05) is 12.1 Å². The van der Waals surface area contributed by atoms with Gasteiger partial charge < -0.3 is 14.3 Å². The monoisotopic (exact) mass is 314 g/mol. The van der Waals surface area contributed by atoms with Gasteiger partial charge >= 0.3 is 5.63 Å². The number of fused-ring (bicyclic) bond motifs is 1. The zero-order valence-corrected chi connectivity index (χ0v) is 13.5. The lowest BCUT2D eigenvalue weighted by Crippen LogP contribution is -2.43. The van der Waals surface area contributed by atoms with Crippen molar-refractivity contribution >= 4 is 11.0 Å². The number of hydrogen-bond donors (Lipinski definition) is 1. The summed E-state index contributed by atoms with van der Waals surface area (Å²) < 4.78 is 11.1. The molecule has 0 radical (unpaired) electrons. The lowest BCUT2D eigenvalue weighted by molar-refractivity contribution is -0.0199. The second-order valence-corrected chi connectivity index (χ2v) is 6.85. The fourth-order valence-corrected chi connectivity index (χ4v) is 3.27. The maximum Gasteiger partial charge on any atom is 0.336 e. The molecule has 1 fully saturated rings. The van der Waals surface area contributed by atoms with Crippen LogP contribution in [0.5, 0.6) is 5.75 Å². The molecule has 23 heavy (non-hydrogen) atoms. The number of rotatable bonds is 3. The Hall–Kier alpha value is -2.07. The quantitative estimate of drug-likeness (QED) is 0.695. The summed E-state index contributed by atoms with van der Waals surface area (Å²) in [5.41, 5.74) is 0.989. The largest absolute Gasteiger partial charge is 0.493 e. The first-order valence-corrected chi connectivity index (χ1v) is 7.90. The normalized spacial score (nSPS) is 23.9. The van der Waals surface area contributed by atoms with Gasteiger partial charge in [-0.05, 0) is 31.0 Å². The molecule has 1 saturated carbocycles. The highest BCUT2D eigenvalue weighted by atomic mass is 16.5. The average molecular weight is 314 g/mol. The van der Waals surface area contributed by atoms with E-state index in [1.54, 1.807) is 12.1 Å². The summed E-state index contributed by atoms with van der Waals surface area (Å²) in [4.78, 5) is 11.3. The molecule has 1 aliphatic rings. The first-order chi connectivity index (χ1) is 10.9. The van der Waals surface area contributed by atoms with Crippen LogP contribution in [0.15, 0.2) is 51.7 Å². The number of hydrogen-bond acceptors (Lipinski definition) is 4. The van der Waals surface area contributed by atoms with Gasteiger partial charge in [-0.2, -0.15) is 0 Å². The molecule has 122 valence electrons. The lowest BCUT2D eigenvalue weighted by atomic mass is 9.65. The first-order valence-electron chi connectivity index (χ1n) is 7.90. The summed E-state index contributed by atoms with van der Waals surface area (Å²) in [6.07, 6.45) is 1.23. The van der Waals surface area contributed by atoms with E-state index in [0.29, 0.717) is 17.9 Å². The molecular formula is C19H22O4. The maximum atomic E-state index is 11.3. The molecule has 0 saturated heterocycles. The van der Waals surface area contributed by atoms with Crippen molar-refractivity contribution in [2.24, 2.45) is 11.3 Å². The zero-order chi connectivity index (χ0) is 16.6. The third-order valence-electron chi connectivity index (χ3n) is 5.00. The van der Waals surface area contributed by atoms with Gasteiger partial charge in [0.25, 0.3) is 0 Å². The molecule has 0 amide bonds. The topological polar surface area (TPSA) is 59.7 Å². The smallest absolute Gasteiger partial charge is 0.336 e. The number of aliphatic hydroxyl groups is 1. The van der Waals surface area contributed by atoms with Gasteiger partial charge in [0.2, 0.25) is 0 Å². The summed E-state index contributed by atoms with van der Waals surface area (Å²) >= 11 is 0. The van der Waals surface area contributed by atoms with E-state index in [4.69, 9.17) is 9.15 Å². The van der Waals surface area contributed by atoms with Crippen LogP contribution < -0.4 is 10.4 Å². The Morgan fingerprint density at radius 2 is 2.09 bits per heavy atom. The van der Waals surface area contributed by atoms with E-state index >= 15 is 0 Å². The van der Waals surface area contributed by atoms with Crippen molar-refractivity contribution < 1.29 is 14.3 Å². The standard InChI is InChI=1S/C19H22O4/c1-12-4-8-17(20)19(2,3)15(12)11-22-14-7-5-13-6-9-18(21)23-16(13)10-14/h5-7,9-10,15,17,20H,1,4,8,11H2,2-3H3. The molecular weight excluding hydrogens is 292 g/mol. The van der Waals surface area contributed by atoms with Gasteiger partial charge in [0.1, 0.15) is 11.3 Å². The molecule has 2 atom stereocenters. The summed E-state index contributed by atoms with van der Waals surface area (Å²) in [5.74, 6) is 0.736. The van der Waals surface area contributed by atoms with Gasteiger partial charge in [-0.3, -0.25) is 0 Å². The van der Waals surface area contributed by atoms with E-state index in [9.17, 15) is 9.90 Å². The van der Waals surface area contributed by atoms with Gasteiger partial charge in [-0.15, -0.1) is 0 Å². The van der Waals surface area contributed by atoms with Gasteiger partial charge in [0, 0.05) is 28.9 Å². The Labute approximate surface area is 135 Å². The maximum absolute atomic E-state index is 11.3. The predicted octanol–water partition coefficient (Wildman–Crippen LogP) is 3.53. The fraction of sp³-hybridized carbons (Fsp3) is 0.421. The second kappa shape index (κ2) is 5.85. The average Bonchev–Trinajstić information content (AvgIpc) is 2.50. The van der Waals surface area contributed by atoms with Crippen molar-refractivity contribution in [2.75, 3.05) is 6.61 Å². The van der Waals surface area contributed by atoms with Crippen molar-refractivity contribution in [3.05, 3.63) is 52.9 Å². The van der Waals surface area contributed by atoms with Crippen LogP contribution in [0.4, 0.5) is 0 Å². The molecule has 1 aromatic carbocycles. The van der Waals surface area contributed by atoms with E-state index in [0.717, 1.165) is 23.8 Å². The number of benzene rings is 1. The van der Waals surface area contributed by atoms with Crippen LogP contribution >= 0.6 is 0 Å². The SMILES string of the molecule is C=C1CCC(O)C(C)(C)C1COc1ccc2ccc(=O)oc2c1. The minimum atomic E-state index is -0.375. The van der Waals surface area contributed by atoms with E-state index in [1.165, 1.54) is 6.07 Å². The fourth-order valence-electron chi connectivity index (χ4n) is 3.27. The number of aliphatic hydroxyl groups excluding tert-OH is 1. The van der Waals surface area contributed by atoms with Crippen molar-refractivity contribution in [1.29, 1.82) is 0 Å². The van der Waals surface area contributed by atoms with Crippen molar-refractivity contribution in [3.63, 3.8) is 0 Å². The Bertz CT molecular complexity index is 787. The van der Waals surface area contributed by atoms with Gasteiger partial charge in [-0.25, -0.2) is 4.79 Å². The Morgan fingerprint density at radius 3 is 2.87 bits per heavy atom. The molecule has 1 N–H and O–H groups in total. The summed E-state index contributed by atoms with van der Waals surface area (Å²) in [7, 11) is 0. The molecule has 4 heteroatoms. The van der Waals surface area contributed by atoms with E-state index in [2.05, 4.69) is 20.4 Å². The molecule has 2 aromatic rings. The van der Waals surface area contributed by atoms with Crippen LogP contribution in [0.2, 0.25) is 0 Å². The molecule has 0 bridgehead atoms. The van der Waals surface area contributed by atoms with Crippen LogP contribution in [0.25, 0.3) is 11.0 Å². The predicted molar refractivity (Wildman–Crippen MR) is 89.6 cm³/mol. The highest BCUT2D eigenvalue weighted by Gasteiger charge is 2.41. The number of ether oxygens (including phenoxy) is 1. The van der Waals surface area contributed by atoms with Gasteiger partial charge in [0.05, 0.1) is 12.7 Å². The molecule has 2 unspecified atom stereocenters. The third-order valence-corrected chi connectivity index (χ3v) is 5.00. The van der Waals surface area contributed by atoms with Gasteiger partial charge in [-0.1, -0.05) is 26.0 Å². The summed E-state index contributed by atoms with van der Waals surface area (Å²) in [6, 6.07) is 8.58. The Kier molecular flexibility index (Phi) is 4.02. The van der Waals surface area contributed by atoms with Crippen LogP contribution in [0.1, 0.15) is 26.7 Å². The highest BCUT2D eigenvalue weighted by molar-refractivity contribution is 5.77. The molecule has 1 aliphatic carbocycles. The lowest BCUT2D eigenvalue weighted by Gasteiger charge is -2.43. The van der Waals surface area contributed by atoms with Crippen LogP contribution in [0, 0.1) is 11.3 Å². The highest BCUT2D eigenvalue weighted by Crippen LogP contribution is 2.43. The van der Waals surface area contributed by atoms with E-state index in [-0.39, 0.29) is 23.1 Å². The minimum Gasteiger partial charge on any atom is -0.493 e. The molecule has 1 heterocycles.